The van der Waals surface area contributed by atoms with Crippen molar-refractivity contribution in [3.05, 3.63) is 23.0 Å². The van der Waals surface area contributed by atoms with Gasteiger partial charge in [0.25, 0.3) is 0 Å². The fraction of sp³-hybridized carbons (Fsp3) is 0.667. The third kappa shape index (κ3) is 6.64. The molecule has 1 aliphatic rings. The fourth-order valence-electron chi connectivity index (χ4n) is 2.08. The van der Waals surface area contributed by atoms with Crippen LogP contribution in [0.15, 0.2) is 23.0 Å². The molecular weight excluding hydrogens is 272 g/mol. The number of ether oxygens (including phenoxy) is 2. The van der Waals surface area contributed by atoms with Gasteiger partial charge in [0.1, 0.15) is 5.70 Å². The van der Waals surface area contributed by atoms with Crippen LogP contribution >= 0.6 is 0 Å². The summed E-state index contributed by atoms with van der Waals surface area (Å²) < 4.78 is 10.00. The number of hydrogen-bond acceptors (Lipinski definition) is 6. The highest BCUT2D eigenvalue weighted by Gasteiger charge is 2.15. The number of nitrogens with two attached hydrogens (primary N) is 1. The zero-order valence-electron chi connectivity index (χ0n) is 12.7. The van der Waals surface area contributed by atoms with Crippen molar-refractivity contribution < 1.29 is 19.4 Å². The molecule has 0 atom stereocenters. The SMILES string of the molecule is COCCCNC1=C/C(=C(/N)C(=O)OCCCO)CCC1. The molecule has 4 N–H and O–H groups in total. The lowest BCUT2D eigenvalue weighted by molar-refractivity contribution is -0.139. The normalized spacial score (nSPS) is 17.1. The molecule has 0 fully saturated rings. The highest BCUT2D eigenvalue weighted by Crippen LogP contribution is 2.22. The molecule has 0 saturated heterocycles. The molecular formula is C15H26N2O4. The Bertz CT molecular complexity index is 391. The molecule has 0 aromatic heterocycles. The van der Waals surface area contributed by atoms with E-state index in [0.29, 0.717) is 6.42 Å². The predicted molar refractivity (Wildman–Crippen MR) is 80.3 cm³/mol. The predicted octanol–water partition coefficient (Wildman–Crippen LogP) is 0.819. The molecule has 0 heterocycles. The first-order chi connectivity index (χ1) is 10.2. The number of esters is 1. The van der Waals surface area contributed by atoms with Crippen molar-refractivity contribution in [2.24, 2.45) is 5.73 Å². The van der Waals surface area contributed by atoms with Gasteiger partial charge in [0.05, 0.1) is 6.61 Å². The number of aliphatic hydroxyl groups is 1. The number of methoxy groups -OCH3 is 1. The van der Waals surface area contributed by atoms with Crippen LogP contribution in [0.25, 0.3) is 0 Å². The molecule has 0 unspecified atom stereocenters. The van der Waals surface area contributed by atoms with Crippen LogP contribution < -0.4 is 11.1 Å². The van der Waals surface area contributed by atoms with Crippen LogP contribution in [-0.2, 0) is 14.3 Å². The quantitative estimate of drug-likeness (QED) is 0.331. The number of allylic oxidation sites excluding steroid dienone is 3. The minimum atomic E-state index is -0.504. The summed E-state index contributed by atoms with van der Waals surface area (Å²) in [6, 6.07) is 0. The minimum absolute atomic E-state index is 0.000792. The van der Waals surface area contributed by atoms with Crippen molar-refractivity contribution in [2.75, 3.05) is 33.5 Å². The Morgan fingerprint density at radius 1 is 1.38 bits per heavy atom. The maximum Gasteiger partial charge on any atom is 0.354 e. The Morgan fingerprint density at radius 3 is 2.90 bits per heavy atom. The first-order valence-electron chi connectivity index (χ1n) is 7.39. The summed E-state index contributed by atoms with van der Waals surface area (Å²) in [6.07, 6.45) is 6.01. The van der Waals surface area contributed by atoms with Gasteiger partial charge in [-0.2, -0.15) is 0 Å². The molecule has 1 aliphatic carbocycles. The third-order valence-electron chi connectivity index (χ3n) is 3.22. The van der Waals surface area contributed by atoms with Crippen molar-refractivity contribution in [1.29, 1.82) is 0 Å². The van der Waals surface area contributed by atoms with Crippen LogP contribution in [0.4, 0.5) is 0 Å². The molecule has 0 aromatic rings. The van der Waals surface area contributed by atoms with Gasteiger partial charge in [0.2, 0.25) is 0 Å². The van der Waals surface area contributed by atoms with Crippen molar-refractivity contribution in [1.82, 2.24) is 5.32 Å². The minimum Gasteiger partial charge on any atom is -0.461 e. The smallest absolute Gasteiger partial charge is 0.354 e. The lowest BCUT2D eigenvalue weighted by Crippen LogP contribution is -2.22. The van der Waals surface area contributed by atoms with Gasteiger partial charge in [0, 0.05) is 39.0 Å². The second-order valence-electron chi connectivity index (χ2n) is 4.95. The largest absolute Gasteiger partial charge is 0.461 e. The van der Waals surface area contributed by atoms with Crippen molar-refractivity contribution >= 4 is 5.97 Å². The third-order valence-corrected chi connectivity index (χ3v) is 3.22. The van der Waals surface area contributed by atoms with Gasteiger partial charge in [-0.05, 0) is 37.3 Å². The van der Waals surface area contributed by atoms with Crippen LogP contribution in [0.3, 0.4) is 0 Å². The Balaban J connectivity index is 2.54. The highest BCUT2D eigenvalue weighted by molar-refractivity contribution is 5.88. The highest BCUT2D eigenvalue weighted by atomic mass is 16.5. The van der Waals surface area contributed by atoms with Gasteiger partial charge < -0.3 is 25.6 Å². The number of carbonyl (C=O) groups is 1. The molecule has 6 heteroatoms. The lowest BCUT2D eigenvalue weighted by Gasteiger charge is -2.18. The molecule has 1 rings (SSSR count). The lowest BCUT2D eigenvalue weighted by atomic mass is 9.97. The van der Waals surface area contributed by atoms with Crippen molar-refractivity contribution in [3.63, 3.8) is 0 Å². The van der Waals surface area contributed by atoms with Crippen LogP contribution in [0.5, 0.6) is 0 Å². The van der Waals surface area contributed by atoms with E-state index in [-0.39, 0.29) is 18.9 Å². The van der Waals surface area contributed by atoms with E-state index in [1.165, 1.54) is 0 Å². The average molecular weight is 298 g/mol. The topological polar surface area (TPSA) is 93.8 Å². The van der Waals surface area contributed by atoms with E-state index in [1.807, 2.05) is 6.08 Å². The zero-order valence-corrected chi connectivity index (χ0v) is 12.7. The molecule has 0 aliphatic heterocycles. The summed E-state index contributed by atoms with van der Waals surface area (Å²) in [5.74, 6) is -0.504. The Morgan fingerprint density at radius 2 is 2.19 bits per heavy atom. The molecule has 0 amide bonds. The second-order valence-corrected chi connectivity index (χ2v) is 4.95. The molecule has 21 heavy (non-hydrogen) atoms. The number of aliphatic hydroxyl groups excluding tert-OH is 1. The van der Waals surface area contributed by atoms with Gasteiger partial charge in [-0.25, -0.2) is 4.79 Å². The summed E-state index contributed by atoms with van der Waals surface area (Å²) in [5.41, 5.74) is 7.95. The monoisotopic (exact) mass is 298 g/mol. The number of carbonyl (C=O) groups excluding carboxylic acids is 1. The number of rotatable bonds is 9. The van der Waals surface area contributed by atoms with Gasteiger partial charge in [-0.15, -0.1) is 0 Å². The Hall–Kier alpha value is -1.53. The molecule has 0 bridgehead atoms. The summed E-state index contributed by atoms with van der Waals surface area (Å²) in [6.45, 7) is 1.75. The van der Waals surface area contributed by atoms with Gasteiger partial charge in [-0.1, -0.05) is 0 Å². The maximum absolute atomic E-state index is 11.8. The summed E-state index contributed by atoms with van der Waals surface area (Å²) in [5, 5.41) is 12.0. The second kappa shape index (κ2) is 10.2. The molecule has 6 nitrogen and oxygen atoms in total. The summed E-state index contributed by atoms with van der Waals surface area (Å²) in [7, 11) is 1.68. The molecule has 0 aromatic carbocycles. The molecule has 0 saturated carbocycles. The van der Waals surface area contributed by atoms with E-state index in [4.69, 9.17) is 20.3 Å². The first kappa shape index (κ1) is 17.5. The van der Waals surface area contributed by atoms with Crippen molar-refractivity contribution in [3.8, 4) is 0 Å². The van der Waals surface area contributed by atoms with E-state index in [2.05, 4.69) is 5.32 Å². The van der Waals surface area contributed by atoms with E-state index >= 15 is 0 Å². The van der Waals surface area contributed by atoms with E-state index in [1.54, 1.807) is 7.11 Å². The van der Waals surface area contributed by atoms with E-state index in [9.17, 15) is 4.79 Å². The average Bonchev–Trinajstić information content (AvgIpc) is 2.51. The van der Waals surface area contributed by atoms with Gasteiger partial charge >= 0.3 is 5.97 Å². The Kier molecular flexibility index (Phi) is 8.54. The van der Waals surface area contributed by atoms with Crippen LogP contribution in [-0.4, -0.2) is 44.6 Å². The molecule has 0 spiro atoms. The van der Waals surface area contributed by atoms with Crippen LogP contribution in [0.1, 0.15) is 32.1 Å². The Labute approximate surface area is 126 Å². The summed E-state index contributed by atoms with van der Waals surface area (Å²) in [4.78, 5) is 11.8. The fourth-order valence-corrected chi connectivity index (χ4v) is 2.08. The molecule has 120 valence electrons. The zero-order chi connectivity index (χ0) is 15.5. The van der Waals surface area contributed by atoms with Gasteiger partial charge in [-0.3, -0.25) is 0 Å². The van der Waals surface area contributed by atoms with E-state index in [0.717, 1.165) is 50.1 Å². The summed E-state index contributed by atoms with van der Waals surface area (Å²) >= 11 is 0. The van der Waals surface area contributed by atoms with Gasteiger partial charge in [0.15, 0.2) is 0 Å². The van der Waals surface area contributed by atoms with E-state index < -0.39 is 5.97 Å². The van der Waals surface area contributed by atoms with Crippen LogP contribution in [0.2, 0.25) is 0 Å². The maximum atomic E-state index is 11.8. The number of nitrogens with one attached hydrogen (secondary N) is 1. The standard InChI is InChI=1S/C15H26N2O4/c1-20-9-3-7-17-13-6-2-5-12(11-13)14(16)15(19)21-10-4-8-18/h11,17-18H,2-10,16H2,1H3/b14-12+. The molecule has 0 radical (unpaired) electrons. The van der Waals surface area contributed by atoms with Crippen molar-refractivity contribution in [2.45, 2.75) is 32.1 Å². The first-order valence-corrected chi connectivity index (χ1v) is 7.39. The number of hydrogen-bond donors (Lipinski definition) is 3. The van der Waals surface area contributed by atoms with Crippen LogP contribution in [0, 0.1) is 0 Å².